The van der Waals surface area contributed by atoms with Crippen molar-refractivity contribution in [2.24, 2.45) is 5.41 Å². The predicted molar refractivity (Wildman–Crippen MR) is 67.2 cm³/mol. The fourth-order valence-corrected chi connectivity index (χ4v) is 2.57. The molecule has 0 unspecified atom stereocenters. The van der Waals surface area contributed by atoms with Gasteiger partial charge in [-0.05, 0) is 31.1 Å². The van der Waals surface area contributed by atoms with Crippen molar-refractivity contribution >= 4 is 21.8 Å². The van der Waals surface area contributed by atoms with Crippen LogP contribution in [0.1, 0.15) is 46.0 Å². The third-order valence-corrected chi connectivity index (χ3v) is 3.95. The van der Waals surface area contributed by atoms with Gasteiger partial charge in [-0.2, -0.15) is 0 Å². The summed E-state index contributed by atoms with van der Waals surface area (Å²) in [7, 11) is 1.95. The molecule has 1 rings (SSSR count). The lowest BCUT2D eigenvalue weighted by atomic mass is 9.75. The highest BCUT2D eigenvalue weighted by atomic mass is 79.9. The second kappa shape index (κ2) is 5.33. The fraction of sp³-hybridized carbons (Fsp3) is 0.917. The van der Waals surface area contributed by atoms with Crippen molar-refractivity contribution in [3.05, 3.63) is 0 Å². The average molecular weight is 276 g/mol. The van der Waals surface area contributed by atoms with Crippen LogP contribution in [-0.4, -0.2) is 29.2 Å². The number of hydrogen-bond donors (Lipinski definition) is 0. The zero-order chi connectivity index (χ0) is 11.5. The topological polar surface area (TPSA) is 20.3 Å². The normalized spacial score (nSPS) is 21.3. The number of amides is 1. The molecule has 1 fully saturated rings. The van der Waals surface area contributed by atoms with Crippen LogP contribution in [0.25, 0.3) is 0 Å². The van der Waals surface area contributed by atoms with E-state index in [-0.39, 0.29) is 5.91 Å². The highest BCUT2D eigenvalue weighted by molar-refractivity contribution is 9.09. The lowest BCUT2D eigenvalue weighted by molar-refractivity contribution is -0.132. The second-order valence-corrected chi connectivity index (χ2v) is 6.13. The van der Waals surface area contributed by atoms with Gasteiger partial charge in [-0.1, -0.05) is 29.8 Å². The van der Waals surface area contributed by atoms with E-state index >= 15 is 0 Å². The Morgan fingerprint density at radius 1 is 1.40 bits per heavy atom. The Morgan fingerprint density at radius 2 is 1.93 bits per heavy atom. The summed E-state index contributed by atoms with van der Waals surface area (Å²) in [5.41, 5.74) is 0.482. The van der Waals surface area contributed by atoms with Crippen LogP contribution in [0.3, 0.4) is 0 Å². The van der Waals surface area contributed by atoms with Gasteiger partial charge in [0.2, 0.25) is 5.91 Å². The fourth-order valence-electron chi connectivity index (χ4n) is 2.23. The lowest BCUT2D eigenvalue weighted by Gasteiger charge is -2.38. The van der Waals surface area contributed by atoms with Crippen molar-refractivity contribution in [2.45, 2.75) is 52.0 Å². The van der Waals surface area contributed by atoms with Crippen molar-refractivity contribution in [2.75, 3.05) is 12.4 Å². The molecule has 0 bridgehead atoms. The van der Waals surface area contributed by atoms with Crippen LogP contribution < -0.4 is 0 Å². The Hall–Kier alpha value is -0.0500. The summed E-state index contributed by atoms with van der Waals surface area (Å²) >= 11 is 3.31. The Balaban J connectivity index is 2.42. The first-order valence-corrected chi connectivity index (χ1v) is 6.90. The van der Waals surface area contributed by atoms with Gasteiger partial charge in [-0.25, -0.2) is 0 Å². The SMILES string of the molecule is CN(C(=O)CCBr)C1CCC(C)(C)CC1. The molecule has 0 heterocycles. The van der Waals surface area contributed by atoms with Gasteiger partial charge in [0, 0.05) is 24.8 Å². The van der Waals surface area contributed by atoms with E-state index in [2.05, 4.69) is 29.8 Å². The first-order valence-electron chi connectivity index (χ1n) is 5.78. The molecule has 0 aromatic carbocycles. The first-order chi connectivity index (χ1) is 6.96. The van der Waals surface area contributed by atoms with Gasteiger partial charge in [-0.3, -0.25) is 4.79 Å². The number of nitrogens with zero attached hydrogens (tertiary/aromatic N) is 1. The monoisotopic (exact) mass is 275 g/mol. The summed E-state index contributed by atoms with van der Waals surface area (Å²) in [6.45, 7) is 4.65. The maximum atomic E-state index is 11.7. The molecule has 3 heteroatoms. The van der Waals surface area contributed by atoms with Gasteiger partial charge in [0.25, 0.3) is 0 Å². The number of carbonyl (C=O) groups is 1. The molecule has 0 saturated heterocycles. The van der Waals surface area contributed by atoms with Crippen LogP contribution in [0.4, 0.5) is 0 Å². The maximum absolute atomic E-state index is 11.7. The first kappa shape index (κ1) is 13.0. The molecular formula is C12H22BrNO. The molecule has 0 aromatic heterocycles. The second-order valence-electron chi connectivity index (χ2n) is 5.34. The number of hydrogen-bond acceptors (Lipinski definition) is 1. The molecule has 0 aliphatic heterocycles. The molecule has 0 atom stereocenters. The van der Waals surface area contributed by atoms with Gasteiger partial charge >= 0.3 is 0 Å². The smallest absolute Gasteiger partial charge is 0.223 e. The van der Waals surface area contributed by atoms with Crippen molar-refractivity contribution in [3.8, 4) is 0 Å². The number of halogens is 1. The van der Waals surface area contributed by atoms with E-state index in [9.17, 15) is 4.79 Å². The van der Waals surface area contributed by atoms with Gasteiger partial charge in [-0.15, -0.1) is 0 Å². The number of rotatable bonds is 3. The zero-order valence-corrected chi connectivity index (χ0v) is 11.6. The standard InChI is InChI=1S/C12H22BrNO/c1-12(2)7-4-10(5-8-12)14(3)11(15)6-9-13/h10H,4-9H2,1-3H3. The summed E-state index contributed by atoms with van der Waals surface area (Å²) < 4.78 is 0. The molecule has 88 valence electrons. The molecule has 1 aliphatic carbocycles. The van der Waals surface area contributed by atoms with E-state index in [0.717, 1.165) is 18.2 Å². The van der Waals surface area contributed by atoms with E-state index in [0.29, 0.717) is 17.9 Å². The van der Waals surface area contributed by atoms with Crippen LogP contribution in [0.15, 0.2) is 0 Å². The minimum Gasteiger partial charge on any atom is -0.343 e. The lowest BCUT2D eigenvalue weighted by Crippen LogP contribution is -2.40. The van der Waals surface area contributed by atoms with Crippen molar-refractivity contribution in [1.29, 1.82) is 0 Å². The summed E-state index contributed by atoms with van der Waals surface area (Å²) in [5.74, 6) is 0.275. The third-order valence-electron chi connectivity index (χ3n) is 3.56. The van der Waals surface area contributed by atoms with Crippen molar-refractivity contribution in [1.82, 2.24) is 4.90 Å². The summed E-state index contributed by atoms with van der Waals surface area (Å²) in [6, 6.07) is 0.476. The van der Waals surface area contributed by atoms with Crippen LogP contribution in [0, 0.1) is 5.41 Å². The molecule has 0 radical (unpaired) electrons. The Bertz CT molecular complexity index is 218. The largest absolute Gasteiger partial charge is 0.343 e. The Labute approximate surface area is 102 Å². The van der Waals surface area contributed by atoms with E-state index < -0.39 is 0 Å². The van der Waals surface area contributed by atoms with Gasteiger partial charge in [0.15, 0.2) is 0 Å². The van der Waals surface area contributed by atoms with Crippen LogP contribution >= 0.6 is 15.9 Å². The number of alkyl halides is 1. The average Bonchev–Trinajstić information content (AvgIpc) is 2.17. The van der Waals surface area contributed by atoms with E-state index in [1.54, 1.807) is 0 Å². The molecule has 15 heavy (non-hydrogen) atoms. The predicted octanol–water partition coefficient (Wildman–Crippen LogP) is 3.20. The molecule has 0 aromatic rings. The molecule has 2 nitrogen and oxygen atoms in total. The minimum absolute atomic E-state index is 0.275. The van der Waals surface area contributed by atoms with E-state index in [1.165, 1.54) is 12.8 Å². The van der Waals surface area contributed by atoms with Crippen molar-refractivity contribution < 1.29 is 4.79 Å². The third kappa shape index (κ3) is 3.78. The van der Waals surface area contributed by atoms with Crippen LogP contribution in [-0.2, 0) is 4.79 Å². The Kier molecular flexibility index (Phi) is 4.63. The maximum Gasteiger partial charge on any atom is 0.223 e. The van der Waals surface area contributed by atoms with Crippen LogP contribution in [0.5, 0.6) is 0 Å². The summed E-state index contributed by atoms with van der Waals surface area (Å²) in [6.07, 6.45) is 5.43. The quantitative estimate of drug-likeness (QED) is 0.725. The van der Waals surface area contributed by atoms with Gasteiger partial charge < -0.3 is 4.90 Å². The van der Waals surface area contributed by atoms with Crippen LogP contribution in [0.2, 0.25) is 0 Å². The molecular weight excluding hydrogens is 254 g/mol. The molecule has 1 amide bonds. The van der Waals surface area contributed by atoms with Crippen molar-refractivity contribution in [3.63, 3.8) is 0 Å². The van der Waals surface area contributed by atoms with Gasteiger partial charge in [0.1, 0.15) is 0 Å². The summed E-state index contributed by atoms with van der Waals surface area (Å²) in [5, 5.41) is 0.772. The number of carbonyl (C=O) groups excluding carboxylic acids is 1. The zero-order valence-electron chi connectivity index (χ0n) is 10.1. The highest BCUT2D eigenvalue weighted by Gasteiger charge is 2.30. The summed E-state index contributed by atoms with van der Waals surface area (Å²) in [4.78, 5) is 13.7. The highest BCUT2D eigenvalue weighted by Crippen LogP contribution is 2.36. The van der Waals surface area contributed by atoms with Gasteiger partial charge in [0.05, 0.1) is 0 Å². The van der Waals surface area contributed by atoms with E-state index in [4.69, 9.17) is 0 Å². The molecule has 0 spiro atoms. The molecule has 1 saturated carbocycles. The Morgan fingerprint density at radius 3 is 2.40 bits per heavy atom. The molecule has 1 aliphatic rings. The minimum atomic E-state index is 0.275. The van der Waals surface area contributed by atoms with E-state index in [1.807, 2.05) is 11.9 Å². The molecule has 0 N–H and O–H groups in total.